The van der Waals surface area contributed by atoms with E-state index in [9.17, 15) is 0 Å². The Bertz CT molecular complexity index is 601. The Balaban J connectivity index is 2.37. The second kappa shape index (κ2) is 5.95. The molecule has 0 radical (unpaired) electrons. The molecule has 2 nitrogen and oxygen atoms in total. The van der Waals surface area contributed by atoms with Gasteiger partial charge in [-0.3, -0.25) is 0 Å². The number of ether oxygens (including phenoxy) is 1. The third-order valence-electron chi connectivity index (χ3n) is 3.09. The first-order chi connectivity index (χ1) is 9.02. The van der Waals surface area contributed by atoms with Crippen LogP contribution in [0.3, 0.4) is 0 Å². The molecule has 0 fully saturated rings. The summed E-state index contributed by atoms with van der Waals surface area (Å²) in [6.45, 7) is 2.05. The first kappa shape index (κ1) is 14.4. The summed E-state index contributed by atoms with van der Waals surface area (Å²) in [5.41, 5.74) is 9.49. The summed E-state index contributed by atoms with van der Waals surface area (Å²) in [7, 11) is 1.60. The van der Waals surface area contributed by atoms with E-state index >= 15 is 0 Å². The summed E-state index contributed by atoms with van der Waals surface area (Å²) in [5.74, 6) is 0.640. The molecule has 0 aliphatic carbocycles. The minimum Gasteiger partial charge on any atom is -0.495 e. The average molecular weight is 341 g/mol. The maximum absolute atomic E-state index is 6.29. The van der Waals surface area contributed by atoms with Crippen LogP contribution < -0.4 is 10.5 Å². The number of rotatable bonds is 3. The zero-order valence-corrected chi connectivity index (χ0v) is 13.1. The molecule has 0 heterocycles. The van der Waals surface area contributed by atoms with Crippen LogP contribution in [0.25, 0.3) is 0 Å². The Morgan fingerprint density at radius 2 is 1.79 bits per heavy atom. The summed E-state index contributed by atoms with van der Waals surface area (Å²) in [6.07, 6.45) is 0. The zero-order chi connectivity index (χ0) is 14.0. The van der Waals surface area contributed by atoms with Crippen molar-refractivity contribution in [3.8, 4) is 5.75 Å². The topological polar surface area (TPSA) is 35.2 Å². The van der Waals surface area contributed by atoms with Crippen LogP contribution in [0.15, 0.2) is 40.9 Å². The van der Waals surface area contributed by atoms with E-state index in [0.717, 1.165) is 15.6 Å². The summed E-state index contributed by atoms with van der Waals surface area (Å²) in [5, 5.41) is 0.587. The molecule has 2 rings (SSSR count). The highest BCUT2D eigenvalue weighted by molar-refractivity contribution is 9.10. The fourth-order valence-electron chi connectivity index (χ4n) is 1.86. The van der Waals surface area contributed by atoms with Gasteiger partial charge < -0.3 is 10.5 Å². The molecule has 0 aromatic heterocycles. The van der Waals surface area contributed by atoms with Crippen molar-refractivity contribution in [2.75, 3.05) is 7.11 Å². The van der Waals surface area contributed by atoms with Gasteiger partial charge in [-0.2, -0.15) is 0 Å². The molecule has 0 aliphatic rings. The predicted molar refractivity (Wildman–Crippen MR) is 82.9 cm³/mol. The van der Waals surface area contributed by atoms with Gasteiger partial charge in [-0.05, 0) is 41.8 Å². The van der Waals surface area contributed by atoms with E-state index in [1.165, 1.54) is 5.56 Å². The highest BCUT2D eigenvalue weighted by Gasteiger charge is 2.12. The largest absolute Gasteiger partial charge is 0.495 e. The van der Waals surface area contributed by atoms with Crippen LogP contribution in [0.1, 0.15) is 22.7 Å². The van der Waals surface area contributed by atoms with Crippen LogP contribution in [-0.4, -0.2) is 7.11 Å². The van der Waals surface area contributed by atoms with Crippen molar-refractivity contribution < 1.29 is 4.74 Å². The molecule has 2 N–H and O–H groups in total. The Labute approximate surface area is 126 Å². The van der Waals surface area contributed by atoms with Gasteiger partial charge in [0.1, 0.15) is 5.75 Å². The van der Waals surface area contributed by atoms with Crippen molar-refractivity contribution in [1.29, 1.82) is 0 Å². The van der Waals surface area contributed by atoms with E-state index in [0.29, 0.717) is 10.8 Å². The molecule has 1 unspecified atom stereocenters. The van der Waals surface area contributed by atoms with E-state index in [-0.39, 0.29) is 6.04 Å². The molecule has 4 heteroatoms. The molecule has 1 atom stereocenters. The van der Waals surface area contributed by atoms with E-state index < -0.39 is 0 Å². The summed E-state index contributed by atoms with van der Waals surface area (Å²) >= 11 is 9.55. The number of hydrogen-bond donors (Lipinski definition) is 1. The van der Waals surface area contributed by atoms with Gasteiger partial charge in [-0.15, -0.1) is 0 Å². The van der Waals surface area contributed by atoms with Gasteiger partial charge in [0.05, 0.1) is 18.2 Å². The molecular formula is C15H15BrClNO. The molecule has 0 amide bonds. The molecule has 0 spiro atoms. The highest BCUT2D eigenvalue weighted by atomic mass is 79.9. The quantitative estimate of drug-likeness (QED) is 0.895. The predicted octanol–water partition coefficient (Wildman–Crippen LogP) is 4.47. The molecule has 0 saturated carbocycles. The van der Waals surface area contributed by atoms with Crippen molar-refractivity contribution in [3.63, 3.8) is 0 Å². The summed E-state index contributed by atoms with van der Waals surface area (Å²) < 4.78 is 6.27. The van der Waals surface area contributed by atoms with Gasteiger partial charge in [0.2, 0.25) is 0 Å². The second-order valence-electron chi connectivity index (χ2n) is 4.38. The van der Waals surface area contributed by atoms with Crippen LogP contribution in [0.5, 0.6) is 5.75 Å². The molecule has 19 heavy (non-hydrogen) atoms. The Morgan fingerprint density at radius 1 is 1.16 bits per heavy atom. The van der Waals surface area contributed by atoms with Crippen LogP contribution in [0.4, 0.5) is 0 Å². The van der Waals surface area contributed by atoms with Crippen LogP contribution in [0, 0.1) is 6.92 Å². The van der Waals surface area contributed by atoms with Gasteiger partial charge in [-0.1, -0.05) is 45.7 Å². The smallest absolute Gasteiger partial charge is 0.137 e. The molecule has 100 valence electrons. The number of hydrogen-bond acceptors (Lipinski definition) is 2. The van der Waals surface area contributed by atoms with E-state index in [1.807, 2.05) is 37.3 Å². The van der Waals surface area contributed by atoms with Crippen LogP contribution >= 0.6 is 27.5 Å². The summed E-state index contributed by atoms with van der Waals surface area (Å²) in [4.78, 5) is 0. The van der Waals surface area contributed by atoms with E-state index in [1.54, 1.807) is 13.2 Å². The first-order valence-corrected chi connectivity index (χ1v) is 7.05. The maximum Gasteiger partial charge on any atom is 0.137 e. The first-order valence-electron chi connectivity index (χ1n) is 5.88. The number of methoxy groups -OCH3 is 1. The van der Waals surface area contributed by atoms with Crippen molar-refractivity contribution in [2.24, 2.45) is 5.73 Å². The summed E-state index contributed by atoms with van der Waals surface area (Å²) in [6, 6.07) is 11.5. The lowest BCUT2D eigenvalue weighted by molar-refractivity contribution is 0.414. The fourth-order valence-corrected chi connectivity index (χ4v) is 2.46. The van der Waals surface area contributed by atoms with Crippen molar-refractivity contribution in [1.82, 2.24) is 0 Å². The molecule has 0 aliphatic heterocycles. The van der Waals surface area contributed by atoms with Gasteiger partial charge in [0, 0.05) is 4.47 Å². The van der Waals surface area contributed by atoms with E-state index in [2.05, 4.69) is 15.9 Å². The van der Waals surface area contributed by atoms with Crippen molar-refractivity contribution >= 4 is 27.5 Å². The lowest BCUT2D eigenvalue weighted by Crippen LogP contribution is -2.12. The Kier molecular flexibility index (Phi) is 4.50. The number of nitrogens with two attached hydrogens (primary N) is 1. The normalized spacial score (nSPS) is 12.3. The number of benzene rings is 2. The molecular weight excluding hydrogens is 326 g/mol. The minimum atomic E-state index is -0.205. The lowest BCUT2D eigenvalue weighted by atomic mass is 9.98. The van der Waals surface area contributed by atoms with Crippen molar-refractivity contribution in [2.45, 2.75) is 13.0 Å². The minimum absolute atomic E-state index is 0.205. The zero-order valence-electron chi connectivity index (χ0n) is 10.8. The molecule has 0 bridgehead atoms. The van der Waals surface area contributed by atoms with Gasteiger partial charge in [0.15, 0.2) is 0 Å². The van der Waals surface area contributed by atoms with Gasteiger partial charge >= 0.3 is 0 Å². The molecule has 2 aromatic rings. The second-order valence-corrected chi connectivity index (χ2v) is 5.64. The molecule has 2 aromatic carbocycles. The number of halogens is 2. The third-order valence-corrected chi connectivity index (χ3v) is 4.26. The van der Waals surface area contributed by atoms with Gasteiger partial charge in [-0.25, -0.2) is 0 Å². The fraction of sp³-hybridized carbons (Fsp3) is 0.200. The highest BCUT2D eigenvalue weighted by Crippen LogP contribution is 2.30. The Morgan fingerprint density at radius 3 is 2.42 bits per heavy atom. The lowest BCUT2D eigenvalue weighted by Gasteiger charge is -2.15. The van der Waals surface area contributed by atoms with Crippen LogP contribution in [0.2, 0.25) is 5.02 Å². The van der Waals surface area contributed by atoms with Crippen molar-refractivity contribution in [3.05, 3.63) is 62.6 Å². The van der Waals surface area contributed by atoms with Gasteiger partial charge in [0.25, 0.3) is 0 Å². The van der Waals surface area contributed by atoms with Crippen LogP contribution in [-0.2, 0) is 0 Å². The van der Waals surface area contributed by atoms with E-state index in [4.69, 9.17) is 22.1 Å². The SMILES string of the molecule is COc1cc(C(N)c2ccc(C)c(Br)c2)ccc1Cl. The molecule has 0 saturated heterocycles. The average Bonchev–Trinajstić information content (AvgIpc) is 2.41. The standard InChI is InChI=1S/C15H15BrClNO/c1-9-3-4-10(7-12(9)16)15(18)11-5-6-13(17)14(8-11)19-2/h3-8,15H,18H2,1-2H3. The third kappa shape index (κ3) is 3.11. The monoisotopic (exact) mass is 339 g/mol. The maximum atomic E-state index is 6.29. The number of aryl methyl sites for hydroxylation is 1. The Hall–Kier alpha value is -1.03.